The molecule has 86 valence electrons. The zero-order chi connectivity index (χ0) is 10.4. The molecule has 0 aromatic heterocycles. The number of carbonyl (C=O) groups excluding carboxylic acids is 1. The van der Waals surface area contributed by atoms with Gasteiger partial charge in [-0.2, -0.15) is 0 Å². The number of ether oxygens (including phenoxy) is 3. The zero-order valence-corrected chi connectivity index (χ0v) is 8.87. The fourth-order valence-corrected chi connectivity index (χ4v) is 4.87. The lowest BCUT2D eigenvalue weighted by Gasteiger charge is -2.33. The molecule has 5 saturated heterocycles. The van der Waals surface area contributed by atoms with E-state index < -0.39 is 0 Å². The lowest BCUT2D eigenvalue weighted by atomic mass is 9.66. The summed E-state index contributed by atoms with van der Waals surface area (Å²) in [6, 6.07) is 0. The predicted molar refractivity (Wildman–Crippen MR) is 51.5 cm³/mol. The van der Waals surface area contributed by atoms with Crippen LogP contribution in [0.3, 0.4) is 0 Å². The molecule has 4 nitrogen and oxygen atoms in total. The van der Waals surface area contributed by atoms with Gasteiger partial charge in [0.2, 0.25) is 0 Å². The summed E-state index contributed by atoms with van der Waals surface area (Å²) >= 11 is 0. The minimum absolute atomic E-state index is 0.0264. The van der Waals surface area contributed by atoms with E-state index in [0.29, 0.717) is 36.4 Å². The van der Waals surface area contributed by atoms with Crippen molar-refractivity contribution in [1.29, 1.82) is 0 Å². The van der Waals surface area contributed by atoms with Crippen molar-refractivity contribution in [3.05, 3.63) is 0 Å². The Hall–Kier alpha value is -0.610. The van der Waals surface area contributed by atoms with E-state index >= 15 is 0 Å². The Morgan fingerprint density at radius 3 is 2.50 bits per heavy atom. The number of esters is 1. The van der Waals surface area contributed by atoms with Crippen LogP contribution in [0.1, 0.15) is 19.3 Å². The highest BCUT2D eigenvalue weighted by Gasteiger charge is 2.70. The monoisotopic (exact) mass is 222 g/mol. The molecule has 0 aliphatic carbocycles. The van der Waals surface area contributed by atoms with E-state index in [0.717, 1.165) is 0 Å². The Bertz CT molecular complexity index is 349. The van der Waals surface area contributed by atoms with Crippen molar-refractivity contribution in [3.8, 4) is 0 Å². The predicted octanol–water partition coefficient (Wildman–Crippen LogP) is 0.493. The fraction of sp³-hybridized carbons (Fsp3) is 0.917. The van der Waals surface area contributed by atoms with Crippen LogP contribution in [0.15, 0.2) is 0 Å². The van der Waals surface area contributed by atoms with Crippen LogP contribution in [0, 0.1) is 17.8 Å². The maximum absolute atomic E-state index is 11.4. The molecule has 16 heavy (non-hydrogen) atoms. The second-order valence-electron chi connectivity index (χ2n) is 5.83. The molecule has 0 radical (unpaired) electrons. The van der Waals surface area contributed by atoms with E-state index in [-0.39, 0.29) is 24.3 Å². The van der Waals surface area contributed by atoms with Gasteiger partial charge in [-0.3, -0.25) is 4.79 Å². The summed E-state index contributed by atoms with van der Waals surface area (Å²) in [5.41, 5.74) is 0. The average molecular weight is 222 g/mol. The van der Waals surface area contributed by atoms with Crippen LogP contribution in [0.4, 0.5) is 0 Å². The van der Waals surface area contributed by atoms with Gasteiger partial charge in [-0.05, 0) is 12.8 Å². The summed E-state index contributed by atoms with van der Waals surface area (Å²) in [7, 11) is 0. The Balaban J connectivity index is 1.57. The molecule has 4 bridgehead atoms. The Kier molecular flexibility index (Phi) is 1.30. The summed E-state index contributed by atoms with van der Waals surface area (Å²) in [5, 5.41) is 0. The van der Waals surface area contributed by atoms with E-state index in [1.165, 1.54) is 12.8 Å². The summed E-state index contributed by atoms with van der Waals surface area (Å²) in [5.74, 6) is 1.36. The van der Waals surface area contributed by atoms with E-state index in [4.69, 9.17) is 14.2 Å². The van der Waals surface area contributed by atoms with Crippen molar-refractivity contribution in [2.24, 2.45) is 17.8 Å². The highest BCUT2D eigenvalue weighted by atomic mass is 16.6. The van der Waals surface area contributed by atoms with Crippen LogP contribution in [0.25, 0.3) is 0 Å². The number of carbonyl (C=O) groups is 1. The van der Waals surface area contributed by atoms with Gasteiger partial charge in [0.1, 0.15) is 12.2 Å². The lowest BCUT2D eigenvalue weighted by molar-refractivity contribution is -0.146. The molecular formula is C12H14O4. The smallest absolute Gasteiger partial charge is 0.306 e. The highest BCUT2D eigenvalue weighted by Crippen LogP contribution is 2.60. The van der Waals surface area contributed by atoms with E-state index in [1.807, 2.05) is 0 Å². The van der Waals surface area contributed by atoms with E-state index in [1.54, 1.807) is 0 Å². The molecule has 8 atom stereocenters. The van der Waals surface area contributed by atoms with Crippen molar-refractivity contribution in [2.45, 2.75) is 49.8 Å². The lowest BCUT2D eigenvalue weighted by Crippen LogP contribution is -2.45. The molecule has 4 heteroatoms. The third-order valence-corrected chi connectivity index (χ3v) is 5.30. The molecule has 0 amide bonds. The number of fused-ring (bicyclic) bond motifs is 12. The van der Waals surface area contributed by atoms with Crippen molar-refractivity contribution >= 4 is 5.97 Å². The molecular weight excluding hydrogens is 208 g/mol. The molecule has 0 aromatic carbocycles. The van der Waals surface area contributed by atoms with Crippen LogP contribution in [0.5, 0.6) is 0 Å². The maximum Gasteiger partial charge on any atom is 0.306 e. The molecule has 0 spiro atoms. The van der Waals surface area contributed by atoms with Crippen molar-refractivity contribution in [2.75, 3.05) is 0 Å². The maximum atomic E-state index is 11.4. The van der Waals surface area contributed by atoms with E-state index in [9.17, 15) is 4.79 Å². The van der Waals surface area contributed by atoms with Gasteiger partial charge < -0.3 is 14.2 Å². The van der Waals surface area contributed by atoms with Gasteiger partial charge in [-0.25, -0.2) is 0 Å². The summed E-state index contributed by atoms with van der Waals surface area (Å²) < 4.78 is 17.5. The first-order valence-corrected chi connectivity index (χ1v) is 6.33. The average Bonchev–Trinajstić information content (AvgIpc) is 2.98. The van der Waals surface area contributed by atoms with Crippen LogP contribution in [-0.2, 0) is 19.0 Å². The molecule has 0 saturated carbocycles. The number of rotatable bonds is 0. The highest BCUT2D eigenvalue weighted by molar-refractivity contribution is 5.72. The van der Waals surface area contributed by atoms with Crippen molar-refractivity contribution in [3.63, 3.8) is 0 Å². The third-order valence-electron chi connectivity index (χ3n) is 5.30. The first-order chi connectivity index (χ1) is 7.83. The number of hydrogen-bond acceptors (Lipinski definition) is 4. The van der Waals surface area contributed by atoms with Crippen LogP contribution in [-0.4, -0.2) is 36.5 Å². The Morgan fingerprint density at radius 1 is 0.938 bits per heavy atom. The van der Waals surface area contributed by atoms with Gasteiger partial charge in [0.25, 0.3) is 0 Å². The Morgan fingerprint density at radius 2 is 1.69 bits per heavy atom. The van der Waals surface area contributed by atoms with Gasteiger partial charge in [0.15, 0.2) is 0 Å². The SMILES string of the molecule is O=C1CC2C(O1)C1OC2C2C3CCC(O3)C12. The molecule has 5 fully saturated rings. The third kappa shape index (κ3) is 0.749. The molecule has 5 rings (SSSR count). The van der Waals surface area contributed by atoms with Crippen LogP contribution >= 0.6 is 0 Å². The van der Waals surface area contributed by atoms with Crippen LogP contribution < -0.4 is 0 Å². The van der Waals surface area contributed by atoms with Crippen molar-refractivity contribution < 1.29 is 19.0 Å². The fourth-order valence-electron chi connectivity index (χ4n) is 4.87. The topological polar surface area (TPSA) is 44.8 Å². The quantitative estimate of drug-likeness (QED) is 0.560. The molecule has 5 aliphatic rings. The zero-order valence-electron chi connectivity index (χ0n) is 8.87. The van der Waals surface area contributed by atoms with Gasteiger partial charge in [0.05, 0.1) is 24.7 Å². The van der Waals surface area contributed by atoms with Gasteiger partial charge in [0, 0.05) is 17.8 Å². The first-order valence-electron chi connectivity index (χ1n) is 6.33. The van der Waals surface area contributed by atoms with Gasteiger partial charge >= 0.3 is 5.97 Å². The van der Waals surface area contributed by atoms with Crippen molar-refractivity contribution in [1.82, 2.24) is 0 Å². The van der Waals surface area contributed by atoms with Gasteiger partial charge in [-0.15, -0.1) is 0 Å². The normalized spacial score (nSPS) is 64.9. The van der Waals surface area contributed by atoms with E-state index in [2.05, 4.69) is 0 Å². The molecule has 8 unspecified atom stereocenters. The molecule has 5 aliphatic heterocycles. The van der Waals surface area contributed by atoms with Gasteiger partial charge in [-0.1, -0.05) is 0 Å². The standard InChI is InChI=1S/C12H14O4/c13-7-3-4-10-8-5-1-2-6(14-5)9(8)12(16-10)11(4)15-7/h4-6,8-12H,1-3H2. The van der Waals surface area contributed by atoms with Crippen LogP contribution in [0.2, 0.25) is 0 Å². The summed E-state index contributed by atoms with van der Waals surface area (Å²) in [6.07, 6.45) is 4.12. The minimum atomic E-state index is -0.0264. The largest absolute Gasteiger partial charge is 0.459 e. The summed E-state index contributed by atoms with van der Waals surface area (Å²) in [4.78, 5) is 11.4. The molecule has 5 heterocycles. The second kappa shape index (κ2) is 2.46. The first kappa shape index (κ1) is 8.48. The molecule has 0 aromatic rings. The minimum Gasteiger partial charge on any atom is -0.459 e. The number of hydrogen-bond donors (Lipinski definition) is 0. The Labute approximate surface area is 93.2 Å². The second-order valence-corrected chi connectivity index (χ2v) is 5.83. The summed E-state index contributed by atoms with van der Waals surface area (Å²) in [6.45, 7) is 0. The molecule has 0 N–H and O–H groups in total.